The molecule has 1 saturated heterocycles. The third kappa shape index (κ3) is 1.72. The molecule has 0 saturated carbocycles. The number of carboxylic acid groups (broad SMARTS) is 1. The summed E-state index contributed by atoms with van der Waals surface area (Å²) in [5.74, 6) is -0.908. The highest BCUT2D eigenvalue weighted by Crippen LogP contribution is 2.27. The first-order chi connectivity index (χ1) is 6.27. The molecule has 0 aromatic carbocycles. The highest BCUT2D eigenvalue weighted by molar-refractivity contribution is 7.12. The van der Waals surface area contributed by atoms with E-state index in [4.69, 9.17) is 14.6 Å². The molecule has 1 aromatic rings. The van der Waals surface area contributed by atoms with Gasteiger partial charge in [0.05, 0.1) is 13.2 Å². The maximum Gasteiger partial charge on any atom is 0.345 e. The quantitative estimate of drug-likeness (QED) is 0.785. The van der Waals surface area contributed by atoms with Gasteiger partial charge in [0.1, 0.15) is 4.88 Å². The molecule has 0 atom stereocenters. The lowest BCUT2D eigenvalue weighted by atomic mass is 10.3. The van der Waals surface area contributed by atoms with Crippen molar-refractivity contribution in [2.75, 3.05) is 13.2 Å². The lowest BCUT2D eigenvalue weighted by Crippen LogP contribution is -1.96. The number of hydrogen-bond donors (Lipinski definition) is 1. The number of carbonyl (C=O) groups is 1. The first kappa shape index (κ1) is 8.68. The Morgan fingerprint density at radius 2 is 2.23 bits per heavy atom. The SMILES string of the molecule is O=C(O)c1cc(C2OCCO2)cs1. The van der Waals surface area contributed by atoms with Crippen molar-refractivity contribution in [1.29, 1.82) is 0 Å². The van der Waals surface area contributed by atoms with Crippen LogP contribution in [0.4, 0.5) is 0 Å². The standard InChI is InChI=1S/C8H8O4S/c9-7(10)6-3-5(4-13-6)8-11-1-2-12-8/h3-4,8H,1-2H2,(H,9,10). The zero-order chi connectivity index (χ0) is 9.26. The number of aromatic carboxylic acids is 1. The third-order valence-electron chi connectivity index (χ3n) is 1.72. The van der Waals surface area contributed by atoms with Gasteiger partial charge in [0.2, 0.25) is 0 Å². The number of thiophene rings is 1. The van der Waals surface area contributed by atoms with Gasteiger partial charge in [-0.05, 0) is 11.4 Å². The Labute approximate surface area is 78.7 Å². The smallest absolute Gasteiger partial charge is 0.345 e. The van der Waals surface area contributed by atoms with E-state index >= 15 is 0 Å². The number of ether oxygens (including phenoxy) is 2. The van der Waals surface area contributed by atoms with E-state index in [9.17, 15) is 4.79 Å². The molecule has 70 valence electrons. The summed E-state index contributed by atoms with van der Waals surface area (Å²) in [6.45, 7) is 1.14. The number of rotatable bonds is 2. The predicted molar refractivity (Wildman–Crippen MR) is 45.9 cm³/mol. The maximum absolute atomic E-state index is 10.6. The van der Waals surface area contributed by atoms with Gasteiger partial charge in [-0.15, -0.1) is 11.3 Å². The molecule has 13 heavy (non-hydrogen) atoms. The molecule has 0 amide bonds. The van der Waals surface area contributed by atoms with E-state index in [0.717, 1.165) is 5.56 Å². The van der Waals surface area contributed by atoms with Gasteiger partial charge in [-0.2, -0.15) is 0 Å². The Bertz CT molecular complexity index is 314. The lowest BCUT2D eigenvalue weighted by molar-refractivity contribution is -0.0438. The highest BCUT2D eigenvalue weighted by Gasteiger charge is 2.20. The van der Waals surface area contributed by atoms with Gasteiger partial charge in [-0.25, -0.2) is 4.79 Å². The minimum atomic E-state index is -0.908. The monoisotopic (exact) mass is 200 g/mol. The summed E-state index contributed by atoms with van der Waals surface area (Å²) >= 11 is 1.18. The first-order valence-corrected chi connectivity index (χ1v) is 4.70. The summed E-state index contributed by atoms with van der Waals surface area (Å²) < 4.78 is 10.4. The molecule has 1 aromatic heterocycles. The average Bonchev–Trinajstić information content (AvgIpc) is 2.75. The summed E-state index contributed by atoms with van der Waals surface area (Å²) in [7, 11) is 0. The molecule has 0 unspecified atom stereocenters. The average molecular weight is 200 g/mol. The van der Waals surface area contributed by atoms with Crippen LogP contribution in [0.1, 0.15) is 21.5 Å². The van der Waals surface area contributed by atoms with Crippen molar-refractivity contribution >= 4 is 17.3 Å². The number of carboxylic acids is 1. The Balaban J connectivity index is 2.16. The fourth-order valence-electron chi connectivity index (χ4n) is 1.14. The summed E-state index contributed by atoms with van der Waals surface area (Å²) in [4.78, 5) is 10.9. The zero-order valence-electron chi connectivity index (χ0n) is 6.73. The minimum Gasteiger partial charge on any atom is -0.477 e. The van der Waals surface area contributed by atoms with E-state index in [-0.39, 0.29) is 6.29 Å². The van der Waals surface area contributed by atoms with Crippen LogP contribution in [-0.2, 0) is 9.47 Å². The Morgan fingerprint density at radius 3 is 2.77 bits per heavy atom. The van der Waals surface area contributed by atoms with Crippen molar-refractivity contribution < 1.29 is 19.4 Å². The van der Waals surface area contributed by atoms with Crippen LogP contribution in [0, 0.1) is 0 Å². The lowest BCUT2D eigenvalue weighted by Gasteiger charge is -2.04. The molecular weight excluding hydrogens is 192 g/mol. The molecule has 0 radical (unpaired) electrons. The molecular formula is C8H8O4S. The van der Waals surface area contributed by atoms with Crippen LogP contribution >= 0.6 is 11.3 Å². The summed E-state index contributed by atoms with van der Waals surface area (Å²) in [5, 5.41) is 10.4. The second kappa shape index (κ2) is 3.45. The van der Waals surface area contributed by atoms with Crippen LogP contribution in [0.15, 0.2) is 11.4 Å². The largest absolute Gasteiger partial charge is 0.477 e. The molecule has 1 fully saturated rings. The van der Waals surface area contributed by atoms with Gasteiger partial charge in [0.25, 0.3) is 0 Å². The summed E-state index contributed by atoms with van der Waals surface area (Å²) in [6, 6.07) is 1.59. The van der Waals surface area contributed by atoms with Crippen molar-refractivity contribution in [2.24, 2.45) is 0 Å². The molecule has 2 heterocycles. The molecule has 4 nitrogen and oxygen atoms in total. The van der Waals surface area contributed by atoms with Gasteiger partial charge < -0.3 is 14.6 Å². The third-order valence-corrected chi connectivity index (χ3v) is 2.66. The molecule has 1 aliphatic rings. The van der Waals surface area contributed by atoms with E-state index in [2.05, 4.69) is 0 Å². The normalized spacial score (nSPS) is 17.8. The Morgan fingerprint density at radius 1 is 1.54 bits per heavy atom. The van der Waals surface area contributed by atoms with Crippen LogP contribution in [0.3, 0.4) is 0 Å². The minimum absolute atomic E-state index is 0.314. The topological polar surface area (TPSA) is 55.8 Å². The van der Waals surface area contributed by atoms with Crippen molar-refractivity contribution in [3.05, 3.63) is 21.9 Å². The fraction of sp³-hybridized carbons (Fsp3) is 0.375. The van der Waals surface area contributed by atoms with Crippen molar-refractivity contribution in [2.45, 2.75) is 6.29 Å². The van der Waals surface area contributed by atoms with E-state index in [1.807, 2.05) is 0 Å². The van der Waals surface area contributed by atoms with Gasteiger partial charge in [-0.3, -0.25) is 0 Å². The van der Waals surface area contributed by atoms with Crippen molar-refractivity contribution in [1.82, 2.24) is 0 Å². The second-order valence-electron chi connectivity index (χ2n) is 2.62. The highest BCUT2D eigenvalue weighted by atomic mass is 32.1. The van der Waals surface area contributed by atoms with Crippen molar-refractivity contribution in [3.63, 3.8) is 0 Å². The molecule has 0 bridgehead atoms. The van der Waals surface area contributed by atoms with E-state index < -0.39 is 5.97 Å². The molecule has 5 heteroatoms. The van der Waals surface area contributed by atoms with Gasteiger partial charge in [0, 0.05) is 5.56 Å². The number of hydrogen-bond acceptors (Lipinski definition) is 4. The van der Waals surface area contributed by atoms with Crippen LogP contribution in [0.2, 0.25) is 0 Å². The van der Waals surface area contributed by atoms with Crippen LogP contribution in [-0.4, -0.2) is 24.3 Å². The van der Waals surface area contributed by atoms with E-state index in [0.29, 0.717) is 18.1 Å². The maximum atomic E-state index is 10.6. The van der Waals surface area contributed by atoms with Gasteiger partial charge >= 0.3 is 5.97 Å². The van der Waals surface area contributed by atoms with Crippen LogP contribution < -0.4 is 0 Å². The van der Waals surface area contributed by atoms with Gasteiger partial charge in [0.15, 0.2) is 6.29 Å². The second-order valence-corrected chi connectivity index (χ2v) is 3.53. The molecule has 2 rings (SSSR count). The van der Waals surface area contributed by atoms with E-state index in [1.165, 1.54) is 11.3 Å². The Kier molecular flexibility index (Phi) is 2.30. The molecule has 0 spiro atoms. The zero-order valence-corrected chi connectivity index (χ0v) is 7.54. The first-order valence-electron chi connectivity index (χ1n) is 3.82. The summed E-state index contributed by atoms with van der Waals surface area (Å²) in [5.41, 5.74) is 0.792. The van der Waals surface area contributed by atoms with Crippen LogP contribution in [0.5, 0.6) is 0 Å². The molecule has 0 aliphatic carbocycles. The predicted octanol–water partition coefficient (Wildman–Crippen LogP) is 1.49. The summed E-state index contributed by atoms with van der Waals surface area (Å²) in [6.07, 6.45) is -0.371. The van der Waals surface area contributed by atoms with Gasteiger partial charge in [-0.1, -0.05) is 0 Å². The van der Waals surface area contributed by atoms with Crippen molar-refractivity contribution in [3.8, 4) is 0 Å². The fourth-order valence-corrected chi connectivity index (χ4v) is 1.88. The van der Waals surface area contributed by atoms with Crippen LogP contribution in [0.25, 0.3) is 0 Å². The molecule has 1 aliphatic heterocycles. The Hall–Kier alpha value is -0.910. The van der Waals surface area contributed by atoms with E-state index in [1.54, 1.807) is 11.4 Å². The molecule has 1 N–H and O–H groups in total.